The smallest absolute Gasteiger partial charge is 0.317 e. The molecule has 3 rings (SSSR count). The van der Waals surface area contributed by atoms with Gasteiger partial charge < -0.3 is 15.0 Å². The van der Waals surface area contributed by atoms with E-state index in [-0.39, 0.29) is 6.03 Å². The molecule has 1 spiro atoms. The second kappa shape index (κ2) is 4.48. The number of rotatable bonds is 1. The number of hydrogen-bond donors (Lipinski definition) is 1. The van der Waals surface area contributed by atoms with E-state index in [4.69, 9.17) is 4.74 Å². The summed E-state index contributed by atoms with van der Waals surface area (Å²) in [6, 6.07) is 0.582. The van der Waals surface area contributed by atoms with Gasteiger partial charge in [0.1, 0.15) is 0 Å². The zero-order chi connectivity index (χ0) is 11.7. The molecule has 3 aliphatic rings. The maximum atomic E-state index is 12.0. The molecule has 4 nitrogen and oxygen atoms in total. The number of carbonyl (C=O) groups is 1. The van der Waals surface area contributed by atoms with Crippen molar-refractivity contribution in [3.8, 4) is 0 Å². The summed E-state index contributed by atoms with van der Waals surface area (Å²) in [6.07, 6.45) is 7.94. The monoisotopic (exact) mass is 238 g/mol. The molecule has 4 heteroatoms. The lowest BCUT2D eigenvalue weighted by Gasteiger charge is -2.28. The Morgan fingerprint density at radius 3 is 2.59 bits per heavy atom. The highest BCUT2D eigenvalue weighted by atomic mass is 16.5. The molecule has 96 valence electrons. The van der Waals surface area contributed by atoms with Gasteiger partial charge in [0.2, 0.25) is 0 Å². The van der Waals surface area contributed by atoms with Gasteiger partial charge in [0, 0.05) is 19.1 Å². The first-order valence-electron chi connectivity index (χ1n) is 6.93. The van der Waals surface area contributed by atoms with Crippen molar-refractivity contribution in [2.45, 2.75) is 44.6 Å². The quantitative estimate of drug-likeness (QED) is 0.756. The minimum atomic E-state index is 0.126. The largest absolute Gasteiger partial charge is 0.378 e. The van der Waals surface area contributed by atoms with Crippen molar-refractivity contribution in [3.63, 3.8) is 0 Å². The number of hydrogen-bond acceptors (Lipinski definition) is 2. The van der Waals surface area contributed by atoms with E-state index in [2.05, 4.69) is 5.32 Å². The maximum absolute atomic E-state index is 12.0. The van der Waals surface area contributed by atoms with E-state index < -0.39 is 0 Å². The molecule has 1 aliphatic heterocycles. The molecule has 1 unspecified atom stereocenters. The molecule has 0 aromatic carbocycles. The average Bonchev–Trinajstić information content (AvgIpc) is 3.03. The van der Waals surface area contributed by atoms with Crippen LogP contribution in [0.2, 0.25) is 0 Å². The Balaban J connectivity index is 1.49. The topological polar surface area (TPSA) is 41.6 Å². The molecule has 0 bridgehead atoms. The van der Waals surface area contributed by atoms with Gasteiger partial charge in [0.15, 0.2) is 0 Å². The molecule has 1 saturated heterocycles. The van der Waals surface area contributed by atoms with Crippen molar-refractivity contribution in [1.29, 1.82) is 0 Å². The highest BCUT2D eigenvalue weighted by Gasteiger charge is 2.54. The van der Waals surface area contributed by atoms with E-state index in [0.717, 1.165) is 13.1 Å². The van der Waals surface area contributed by atoms with Crippen molar-refractivity contribution >= 4 is 6.03 Å². The lowest BCUT2D eigenvalue weighted by Crippen LogP contribution is -2.47. The maximum Gasteiger partial charge on any atom is 0.317 e. The standard InChI is InChI=1S/C13H22N2O2/c16-12(15-6-8-17-9-7-15)14-11-10-13(11)4-2-1-3-5-13/h11H,1-10H2,(H,14,16). The van der Waals surface area contributed by atoms with Crippen LogP contribution < -0.4 is 5.32 Å². The third kappa shape index (κ3) is 2.28. The summed E-state index contributed by atoms with van der Waals surface area (Å²) in [5, 5.41) is 3.22. The number of morpholine rings is 1. The molecule has 1 atom stereocenters. The fourth-order valence-electron chi connectivity index (χ4n) is 3.37. The minimum absolute atomic E-state index is 0.126. The molecule has 1 heterocycles. The number of nitrogens with zero attached hydrogens (tertiary/aromatic N) is 1. The molecular weight excluding hydrogens is 216 g/mol. The second-order valence-corrected chi connectivity index (χ2v) is 5.73. The van der Waals surface area contributed by atoms with E-state index in [0.29, 0.717) is 24.7 Å². The highest BCUT2D eigenvalue weighted by Crippen LogP contribution is 2.56. The van der Waals surface area contributed by atoms with Gasteiger partial charge in [-0.05, 0) is 24.7 Å². The first-order chi connectivity index (χ1) is 8.30. The predicted molar refractivity (Wildman–Crippen MR) is 64.8 cm³/mol. The van der Waals surface area contributed by atoms with Crippen molar-refractivity contribution in [3.05, 3.63) is 0 Å². The normalized spacial score (nSPS) is 31.3. The lowest BCUT2D eigenvalue weighted by molar-refractivity contribution is 0.0528. The number of carbonyl (C=O) groups excluding carboxylic acids is 1. The average molecular weight is 238 g/mol. The zero-order valence-electron chi connectivity index (χ0n) is 10.4. The van der Waals surface area contributed by atoms with E-state index in [1.165, 1.54) is 38.5 Å². The summed E-state index contributed by atoms with van der Waals surface area (Å²) in [4.78, 5) is 13.9. The van der Waals surface area contributed by atoms with Crippen LogP contribution in [-0.4, -0.2) is 43.3 Å². The van der Waals surface area contributed by atoms with Gasteiger partial charge in [-0.25, -0.2) is 4.79 Å². The first-order valence-corrected chi connectivity index (χ1v) is 6.93. The van der Waals surface area contributed by atoms with Gasteiger partial charge in [-0.15, -0.1) is 0 Å². The molecule has 0 radical (unpaired) electrons. The van der Waals surface area contributed by atoms with Crippen LogP contribution >= 0.6 is 0 Å². The Morgan fingerprint density at radius 1 is 1.18 bits per heavy atom. The molecule has 0 aromatic rings. The lowest BCUT2D eigenvalue weighted by atomic mass is 9.86. The molecule has 1 N–H and O–H groups in total. The summed E-state index contributed by atoms with van der Waals surface area (Å²) in [5.41, 5.74) is 0.486. The van der Waals surface area contributed by atoms with Crippen molar-refractivity contribution in [2.24, 2.45) is 5.41 Å². The number of amides is 2. The molecule has 3 fully saturated rings. The second-order valence-electron chi connectivity index (χ2n) is 5.73. The van der Waals surface area contributed by atoms with Crippen LogP contribution in [0.1, 0.15) is 38.5 Å². The summed E-state index contributed by atoms with van der Waals surface area (Å²) in [6.45, 7) is 2.85. The van der Waals surface area contributed by atoms with E-state index in [1.807, 2.05) is 4.90 Å². The Hall–Kier alpha value is -0.770. The van der Waals surface area contributed by atoms with Crippen LogP contribution in [0.4, 0.5) is 4.79 Å². The van der Waals surface area contributed by atoms with Gasteiger partial charge in [0.25, 0.3) is 0 Å². The van der Waals surface area contributed by atoms with E-state index >= 15 is 0 Å². The van der Waals surface area contributed by atoms with Crippen LogP contribution in [0.15, 0.2) is 0 Å². The summed E-state index contributed by atoms with van der Waals surface area (Å²) >= 11 is 0. The molecule has 2 amide bonds. The van der Waals surface area contributed by atoms with Crippen LogP contribution in [0.25, 0.3) is 0 Å². The first kappa shape index (κ1) is 11.3. The highest BCUT2D eigenvalue weighted by molar-refractivity contribution is 5.75. The third-order valence-electron chi connectivity index (χ3n) is 4.64. The predicted octanol–water partition coefficient (Wildman–Crippen LogP) is 1.75. The summed E-state index contributed by atoms with van der Waals surface area (Å²) in [5.74, 6) is 0. The van der Waals surface area contributed by atoms with Gasteiger partial charge in [-0.2, -0.15) is 0 Å². The third-order valence-corrected chi connectivity index (χ3v) is 4.64. The Morgan fingerprint density at radius 2 is 1.88 bits per heavy atom. The fourth-order valence-corrected chi connectivity index (χ4v) is 3.37. The molecule has 2 aliphatic carbocycles. The van der Waals surface area contributed by atoms with Crippen molar-refractivity contribution in [1.82, 2.24) is 10.2 Å². The van der Waals surface area contributed by atoms with Crippen LogP contribution in [-0.2, 0) is 4.74 Å². The Kier molecular flexibility index (Phi) is 2.99. The van der Waals surface area contributed by atoms with Gasteiger partial charge in [0.05, 0.1) is 13.2 Å². The summed E-state index contributed by atoms with van der Waals surface area (Å²) < 4.78 is 5.26. The van der Waals surface area contributed by atoms with E-state index in [1.54, 1.807) is 0 Å². The Bertz CT molecular complexity index is 294. The summed E-state index contributed by atoms with van der Waals surface area (Å²) in [7, 11) is 0. The Labute approximate surface area is 103 Å². The number of urea groups is 1. The molecule has 17 heavy (non-hydrogen) atoms. The SMILES string of the molecule is O=C(NC1CC12CCCCC2)N1CCOCC1. The van der Waals surface area contributed by atoms with Crippen LogP contribution in [0, 0.1) is 5.41 Å². The molecule has 0 aromatic heterocycles. The molecular formula is C13H22N2O2. The number of ether oxygens (including phenoxy) is 1. The van der Waals surface area contributed by atoms with Gasteiger partial charge in [-0.3, -0.25) is 0 Å². The van der Waals surface area contributed by atoms with E-state index in [9.17, 15) is 4.79 Å². The zero-order valence-corrected chi connectivity index (χ0v) is 10.4. The fraction of sp³-hybridized carbons (Fsp3) is 0.923. The van der Waals surface area contributed by atoms with Crippen LogP contribution in [0.3, 0.4) is 0 Å². The molecule has 2 saturated carbocycles. The number of nitrogens with one attached hydrogen (secondary N) is 1. The minimum Gasteiger partial charge on any atom is -0.378 e. The van der Waals surface area contributed by atoms with Gasteiger partial charge in [-0.1, -0.05) is 19.3 Å². The van der Waals surface area contributed by atoms with Crippen LogP contribution in [0.5, 0.6) is 0 Å². The van der Waals surface area contributed by atoms with Crippen molar-refractivity contribution < 1.29 is 9.53 Å². The van der Waals surface area contributed by atoms with Gasteiger partial charge >= 0.3 is 6.03 Å². The van der Waals surface area contributed by atoms with Crippen molar-refractivity contribution in [2.75, 3.05) is 26.3 Å².